The van der Waals surface area contributed by atoms with Crippen LogP contribution in [-0.4, -0.2) is 32.0 Å². The van der Waals surface area contributed by atoms with Crippen LogP contribution in [0.15, 0.2) is 48.5 Å². The number of para-hydroxylation sites is 1. The number of hydrogen-bond donors (Lipinski definition) is 2. The first-order valence-corrected chi connectivity index (χ1v) is 8.71. The number of rotatable bonds is 7. The molecule has 3 rings (SSSR count). The second-order valence-corrected chi connectivity index (χ2v) is 6.30. The van der Waals surface area contributed by atoms with E-state index in [2.05, 4.69) is 5.32 Å². The van der Waals surface area contributed by atoms with Crippen LogP contribution in [0.2, 0.25) is 0 Å². The molecule has 0 aromatic heterocycles. The van der Waals surface area contributed by atoms with Gasteiger partial charge in [-0.25, -0.2) is 0 Å². The van der Waals surface area contributed by atoms with Gasteiger partial charge in [-0.2, -0.15) is 0 Å². The highest BCUT2D eigenvalue weighted by Crippen LogP contribution is 2.33. The van der Waals surface area contributed by atoms with Gasteiger partial charge in [0.2, 0.25) is 5.91 Å². The highest BCUT2D eigenvalue weighted by atomic mass is 35.5. The lowest BCUT2D eigenvalue weighted by atomic mass is 10.1. The average Bonchev–Trinajstić information content (AvgIpc) is 3.51. The number of nitrogens with two attached hydrogens (primary N) is 1. The molecule has 0 radical (unpaired) electrons. The number of carbonyl (C=O) groups is 2. The SMILES string of the molecule is CN(C(=O)C1CC1)c1ccccc1C(=O)Nc1ccc(OCCN)cc1.Cl. The number of nitrogens with zero attached hydrogens (tertiary/aromatic N) is 1. The molecule has 0 bridgehead atoms. The Bertz CT molecular complexity index is 791. The van der Waals surface area contributed by atoms with Crippen molar-refractivity contribution in [1.29, 1.82) is 0 Å². The van der Waals surface area contributed by atoms with Gasteiger partial charge in [-0.05, 0) is 49.2 Å². The van der Waals surface area contributed by atoms with Gasteiger partial charge in [0, 0.05) is 25.2 Å². The summed E-state index contributed by atoms with van der Waals surface area (Å²) in [7, 11) is 1.72. The molecule has 0 saturated heterocycles. The van der Waals surface area contributed by atoms with Crippen molar-refractivity contribution in [2.45, 2.75) is 12.8 Å². The van der Waals surface area contributed by atoms with E-state index < -0.39 is 0 Å². The van der Waals surface area contributed by atoms with Gasteiger partial charge in [0.25, 0.3) is 5.91 Å². The molecule has 1 fully saturated rings. The summed E-state index contributed by atoms with van der Waals surface area (Å²) >= 11 is 0. The van der Waals surface area contributed by atoms with E-state index in [9.17, 15) is 9.59 Å². The number of carbonyl (C=O) groups excluding carboxylic acids is 2. The smallest absolute Gasteiger partial charge is 0.257 e. The fourth-order valence-corrected chi connectivity index (χ4v) is 2.69. The van der Waals surface area contributed by atoms with Crippen molar-refractivity contribution in [2.75, 3.05) is 30.4 Å². The lowest BCUT2D eigenvalue weighted by molar-refractivity contribution is -0.119. The largest absolute Gasteiger partial charge is 0.492 e. The van der Waals surface area contributed by atoms with Crippen molar-refractivity contribution in [3.63, 3.8) is 0 Å². The van der Waals surface area contributed by atoms with Gasteiger partial charge < -0.3 is 20.7 Å². The van der Waals surface area contributed by atoms with Gasteiger partial charge in [0.05, 0.1) is 11.3 Å². The Hall–Kier alpha value is -2.57. The van der Waals surface area contributed by atoms with E-state index in [1.54, 1.807) is 54.4 Å². The Morgan fingerprint density at radius 1 is 1.15 bits per heavy atom. The summed E-state index contributed by atoms with van der Waals surface area (Å²) in [5, 5.41) is 2.86. The number of benzene rings is 2. The maximum absolute atomic E-state index is 12.7. The van der Waals surface area contributed by atoms with E-state index in [1.165, 1.54) is 0 Å². The summed E-state index contributed by atoms with van der Waals surface area (Å²) < 4.78 is 5.42. The molecule has 1 saturated carbocycles. The number of hydrogen-bond acceptors (Lipinski definition) is 4. The Morgan fingerprint density at radius 2 is 1.81 bits per heavy atom. The topological polar surface area (TPSA) is 84.7 Å². The summed E-state index contributed by atoms with van der Waals surface area (Å²) in [4.78, 5) is 26.6. The molecule has 0 spiro atoms. The van der Waals surface area contributed by atoms with Gasteiger partial charge >= 0.3 is 0 Å². The lowest BCUT2D eigenvalue weighted by Gasteiger charge is -2.20. The van der Waals surface area contributed by atoms with Crippen molar-refractivity contribution in [3.05, 3.63) is 54.1 Å². The molecular weight excluding hydrogens is 366 g/mol. The summed E-state index contributed by atoms with van der Waals surface area (Å²) in [5.74, 6) is 0.596. The molecule has 2 aromatic rings. The molecule has 3 N–H and O–H groups in total. The minimum atomic E-state index is -0.258. The third-order valence-corrected chi connectivity index (χ3v) is 4.27. The number of anilines is 2. The molecular formula is C20H24ClN3O3. The zero-order valence-corrected chi connectivity index (χ0v) is 16.0. The zero-order valence-electron chi connectivity index (χ0n) is 15.2. The van der Waals surface area contributed by atoms with Crippen molar-refractivity contribution < 1.29 is 14.3 Å². The monoisotopic (exact) mass is 389 g/mol. The first kappa shape index (κ1) is 20.7. The maximum atomic E-state index is 12.7. The molecule has 2 aromatic carbocycles. The Balaban J connectivity index is 0.00000261. The van der Waals surface area contributed by atoms with Crippen molar-refractivity contribution in [3.8, 4) is 5.75 Å². The summed E-state index contributed by atoms with van der Waals surface area (Å²) in [5.41, 5.74) is 7.14. The van der Waals surface area contributed by atoms with Gasteiger partial charge in [0.1, 0.15) is 12.4 Å². The molecule has 7 heteroatoms. The van der Waals surface area contributed by atoms with Gasteiger partial charge in [0.15, 0.2) is 0 Å². The minimum absolute atomic E-state index is 0. The van der Waals surface area contributed by atoms with Crippen molar-refractivity contribution in [2.24, 2.45) is 11.7 Å². The van der Waals surface area contributed by atoms with E-state index >= 15 is 0 Å². The molecule has 1 aliphatic rings. The number of amides is 2. The molecule has 0 heterocycles. The van der Waals surface area contributed by atoms with Crippen LogP contribution in [0.5, 0.6) is 5.75 Å². The van der Waals surface area contributed by atoms with Crippen molar-refractivity contribution in [1.82, 2.24) is 0 Å². The first-order chi connectivity index (χ1) is 12.6. The molecule has 27 heavy (non-hydrogen) atoms. The predicted octanol–water partition coefficient (Wildman–Crippen LogP) is 3.07. The van der Waals surface area contributed by atoms with Crippen LogP contribution in [0, 0.1) is 5.92 Å². The van der Waals surface area contributed by atoms with E-state index in [0.717, 1.165) is 12.8 Å². The third kappa shape index (κ3) is 5.21. The van der Waals surface area contributed by atoms with Crippen LogP contribution in [0.1, 0.15) is 23.2 Å². The van der Waals surface area contributed by atoms with E-state index in [0.29, 0.717) is 35.8 Å². The van der Waals surface area contributed by atoms with Gasteiger partial charge in [-0.3, -0.25) is 9.59 Å². The Morgan fingerprint density at radius 3 is 2.44 bits per heavy atom. The van der Waals surface area contributed by atoms with Gasteiger partial charge in [-0.1, -0.05) is 12.1 Å². The number of ether oxygens (including phenoxy) is 1. The fraction of sp³-hybridized carbons (Fsp3) is 0.300. The number of nitrogens with one attached hydrogen (secondary N) is 1. The molecule has 6 nitrogen and oxygen atoms in total. The second kappa shape index (κ2) is 9.39. The highest BCUT2D eigenvalue weighted by Gasteiger charge is 2.33. The Labute approximate surface area is 165 Å². The third-order valence-electron chi connectivity index (χ3n) is 4.27. The molecule has 144 valence electrons. The molecule has 2 amide bonds. The van der Waals surface area contributed by atoms with Gasteiger partial charge in [-0.15, -0.1) is 12.4 Å². The summed E-state index contributed by atoms with van der Waals surface area (Å²) in [6, 6.07) is 14.2. The molecule has 0 aliphatic heterocycles. The Kier molecular flexibility index (Phi) is 7.21. The highest BCUT2D eigenvalue weighted by molar-refractivity contribution is 6.10. The molecule has 1 aliphatic carbocycles. The lowest BCUT2D eigenvalue weighted by Crippen LogP contribution is -2.29. The predicted molar refractivity (Wildman–Crippen MR) is 109 cm³/mol. The number of halogens is 1. The van der Waals surface area contributed by atoms with Crippen LogP contribution in [0.4, 0.5) is 11.4 Å². The maximum Gasteiger partial charge on any atom is 0.257 e. The van der Waals surface area contributed by atoms with Crippen molar-refractivity contribution >= 4 is 35.6 Å². The molecule has 0 atom stereocenters. The van der Waals surface area contributed by atoms with Crippen LogP contribution < -0.4 is 20.7 Å². The summed E-state index contributed by atoms with van der Waals surface area (Å²) in [6.07, 6.45) is 1.85. The standard InChI is InChI=1S/C20H23N3O3.ClH/c1-23(20(25)14-6-7-14)18-5-3-2-4-17(18)19(24)22-15-8-10-16(11-9-15)26-13-12-21;/h2-5,8-11,14H,6-7,12-13,21H2,1H3,(H,22,24);1H. The van der Waals surface area contributed by atoms with E-state index in [1.807, 2.05) is 6.07 Å². The fourth-order valence-electron chi connectivity index (χ4n) is 2.69. The first-order valence-electron chi connectivity index (χ1n) is 8.71. The van der Waals surface area contributed by atoms with E-state index in [-0.39, 0.29) is 30.1 Å². The van der Waals surface area contributed by atoms with Crippen LogP contribution in [0.3, 0.4) is 0 Å². The van der Waals surface area contributed by atoms with E-state index in [4.69, 9.17) is 10.5 Å². The average molecular weight is 390 g/mol. The van der Waals surface area contributed by atoms with Crippen LogP contribution >= 0.6 is 12.4 Å². The van der Waals surface area contributed by atoms with Crippen LogP contribution in [-0.2, 0) is 4.79 Å². The normalized spacial score (nSPS) is 12.7. The molecule has 0 unspecified atom stereocenters. The minimum Gasteiger partial charge on any atom is -0.492 e. The quantitative estimate of drug-likeness (QED) is 0.762. The zero-order chi connectivity index (χ0) is 18.5. The van der Waals surface area contributed by atoms with Crippen LogP contribution in [0.25, 0.3) is 0 Å². The summed E-state index contributed by atoms with van der Waals surface area (Å²) in [6.45, 7) is 0.892. The second-order valence-electron chi connectivity index (χ2n) is 6.30.